The smallest absolute Gasteiger partial charge is 0.314 e. The highest BCUT2D eigenvalue weighted by molar-refractivity contribution is 6.43. The topological polar surface area (TPSA) is 78.4 Å². The Morgan fingerprint density at radius 1 is 0.952 bits per heavy atom. The molecule has 0 fully saturated rings. The van der Waals surface area contributed by atoms with Crippen LogP contribution in [-0.4, -0.2) is 16.9 Å². The van der Waals surface area contributed by atoms with Crippen LogP contribution in [0, 0.1) is 5.82 Å². The van der Waals surface area contributed by atoms with Crippen LogP contribution < -0.4 is 10.6 Å². The zero-order chi connectivity index (χ0) is 15.4. The monoisotopic (exact) mass is 308 g/mol. The molecule has 2 rings (SSSR count). The molecule has 108 valence electrons. The fourth-order valence-electron chi connectivity index (χ4n) is 1.49. The summed E-state index contributed by atoms with van der Waals surface area (Å²) in [4.78, 5) is 23.3. The molecule has 0 aromatic heterocycles. The molecule has 0 saturated heterocycles. The number of anilines is 2. The van der Waals surface area contributed by atoms with Crippen LogP contribution >= 0.6 is 11.6 Å². The minimum absolute atomic E-state index is 0.0402. The van der Waals surface area contributed by atoms with E-state index in [1.54, 1.807) is 0 Å². The van der Waals surface area contributed by atoms with Gasteiger partial charge in [-0.25, -0.2) is 4.39 Å². The molecule has 2 aromatic carbocycles. The molecule has 0 aliphatic rings. The molecule has 3 N–H and O–H groups in total. The Labute approximate surface area is 124 Å². The van der Waals surface area contributed by atoms with Crippen molar-refractivity contribution in [1.29, 1.82) is 0 Å². The van der Waals surface area contributed by atoms with Crippen LogP contribution in [0.4, 0.5) is 15.8 Å². The molecule has 0 aliphatic carbocycles. The van der Waals surface area contributed by atoms with Crippen molar-refractivity contribution in [2.24, 2.45) is 0 Å². The zero-order valence-corrected chi connectivity index (χ0v) is 11.3. The number of carbonyl (C=O) groups is 2. The first-order chi connectivity index (χ1) is 9.95. The Kier molecular flexibility index (Phi) is 4.39. The van der Waals surface area contributed by atoms with E-state index >= 15 is 0 Å². The Morgan fingerprint density at radius 2 is 1.48 bits per heavy atom. The van der Waals surface area contributed by atoms with Gasteiger partial charge in [0.15, 0.2) is 0 Å². The second-order valence-electron chi connectivity index (χ2n) is 4.08. The molecule has 5 nitrogen and oxygen atoms in total. The van der Waals surface area contributed by atoms with E-state index in [2.05, 4.69) is 10.6 Å². The van der Waals surface area contributed by atoms with E-state index in [9.17, 15) is 14.0 Å². The summed E-state index contributed by atoms with van der Waals surface area (Å²) in [7, 11) is 0. The fraction of sp³-hybridized carbons (Fsp3) is 0. The SMILES string of the molecule is O=C(Nc1ccc(O)cc1)C(=O)Nc1ccc(F)c(Cl)c1. The third-order valence-electron chi connectivity index (χ3n) is 2.51. The molecule has 7 heteroatoms. The maximum absolute atomic E-state index is 13.0. The molecule has 0 atom stereocenters. The van der Waals surface area contributed by atoms with Gasteiger partial charge in [-0.3, -0.25) is 9.59 Å². The van der Waals surface area contributed by atoms with Gasteiger partial charge in [-0.1, -0.05) is 11.6 Å². The molecule has 0 radical (unpaired) electrons. The number of hydrogen-bond donors (Lipinski definition) is 3. The lowest BCUT2D eigenvalue weighted by Crippen LogP contribution is -2.29. The predicted molar refractivity (Wildman–Crippen MR) is 76.8 cm³/mol. The van der Waals surface area contributed by atoms with Gasteiger partial charge in [0.05, 0.1) is 5.02 Å². The number of nitrogens with one attached hydrogen (secondary N) is 2. The fourth-order valence-corrected chi connectivity index (χ4v) is 1.67. The summed E-state index contributed by atoms with van der Waals surface area (Å²) < 4.78 is 13.0. The molecular weight excluding hydrogens is 299 g/mol. The van der Waals surface area contributed by atoms with Crippen molar-refractivity contribution in [2.75, 3.05) is 10.6 Å². The van der Waals surface area contributed by atoms with Crippen LogP contribution in [0.15, 0.2) is 42.5 Å². The van der Waals surface area contributed by atoms with Crippen LogP contribution in [0.25, 0.3) is 0 Å². The average molecular weight is 309 g/mol. The van der Waals surface area contributed by atoms with Crippen molar-refractivity contribution < 1.29 is 19.1 Å². The van der Waals surface area contributed by atoms with Gasteiger partial charge < -0.3 is 15.7 Å². The maximum atomic E-state index is 13.0. The van der Waals surface area contributed by atoms with Crippen LogP contribution in [-0.2, 0) is 9.59 Å². The van der Waals surface area contributed by atoms with Gasteiger partial charge in [-0.05, 0) is 42.5 Å². The number of phenols is 1. The van der Waals surface area contributed by atoms with E-state index < -0.39 is 17.6 Å². The minimum Gasteiger partial charge on any atom is -0.508 e. The molecule has 0 spiro atoms. The molecular formula is C14H10ClFN2O3. The second kappa shape index (κ2) is 6.23. The van der Waals surface area contributed by atoms with Crippen molar-refractivity contribution in [3.63, 3.8) is 0 Å². The van der Waals surface area contributed by atoms with Gasteiger partial charge in [0.2, 0.25) is 0 Å². The Hall–Kier alpha value is -2.60. The number of halogens is 2. The highest BCUT2D eigenvalue weighted by Gasteiger charge is 2.14. The number of hydrogen-bond acceptors (Lipinski definition) is 3. The van der Waals surface area contributed by atoms with Crippen molar-refractivity contribution in [1.82, 2.24) is 0 Å². The maximum Gasteiger partial charge on any atom is 0.314 e. The summed E-state index contributed by atoms with van der Waals surface area (Å²) in [5.74, 6) is -2.41. The third-order valence-corrected chi connectivity index (χ3v) is 2.80. The Morgan fingerprint density at radius 3 is 2.05 bits per heavy atom. The Balaban J connectivity index is 2.00. The van der Waals surface area contributed by atoms with Crippen molar-refractivity contribution in [3.8, 4) is 5.75 Å². The van der Waals surface area contributed by atoms with Crippen molar-refractivity contribution in [2.45, 2.75) is 0 Å². The number of aromatic hydroxyl groups is 1. The molecule has 0 bridgehead atoms. The Bertz CT molecular complexity index is 689. The molecule has 0 heterocycles. The van der Waals surface area contributed by atoms with E-state index in [4.69, 9.17) is 16.7 Å². The summed E-state index contributed by atoms with van der Waals surface area (Å²) >= 11 is 5.57. The number of carbonyl (C=O) groups excluding carboxylic acids is 2. The average Bonchev–Trinajstić information content (AvgIpc) is 2.45. The van der Waals surface area contributed by atoms with Crippen LogP contribution in [0.1, 0.15) is 0 Å². The first kappa shape index (κ1) is 14.8. The van der Waals surface area contributed by atoms with Gasteiger partial charge in [0.1, 0.15) is 11.6 Å². The van der Waals surface area contributed by atoms with Crippen molar-refractivity contribution in [3.05, 3.63) is 53.3 Å². The van der Waals surface area contributed by atoms with E-state index in [0.717, 1.165) is 6.07 Å². The molecule has 0 saturated carbocycles. The molecule has 21 heavy (non-hydrogen) atoms. The summed E-state index contributed by atoms with van der Waals surface area (Å²) in [6.07, 6.45) is 0. The van der Waals surface area contributed by atoms with Gasteiger partial charge in [-0.15, -0.1) is 0 Å². The minimum atomic E-state index is -0.925. The normalized spacial score (nSPS) is 10.0. The van der Waals surface area contributed by atoms with Crippen LogP contribution in [0.5, 0.6) is 5.75 Å². The quantitative estimate of drug-likeness (QED) is 0.589. The number of amides is 2. The van der Waals surface area contributed by atoms with Crippen molar-refractivity contribution >= 4 is 34.8 Å². The molecule has 0 aliphatic heterocycles. The summed E-state index contributed by atoms with van der Waals surface area (Å²) in [6, 6.07) is 9.18. The number of benzene rings is 2. The van der Waals surface area contributed by atoms with E-state index in [0.29, 0.717) is 5.69 Å². The van der Waals surface area contributed by atoms with Crippen LogP contribution in [0.2, 0.25) is 5.02 Å². The summed E-state index contributed by atoms with van der Waals surface area (Å²) in [5.41, 5.74) is 0.553. The summed E-state index contributed by atoms with van der Waals surface area (Å²) in [5, 5.41) is 13.6. The zero-order valence-electron chi connectivity index (χ0n) is 10.6. The predicted octanol–water partition coefficient (Wildman–Crippen LogP) is 2.76. The summed E-state index contributed by atoms with van der Waals surface area (Å²) in [6.45, 7) is 0. The molecule has 0 unspecified atom stereocenters. The molecule has 2 aromatic rings. The van der Waals surface area contributed by atoms with E-state index in [-0.39, 0.29) is 16.5 Å². The number of phenolic OH excluding ortho intramolecular Hbond substituents is 1. The van der Waals surface area contributed by atoms with Gasteiger partial charge >= 0.3 is 11.8 Å². The van der Waals surface area contributed by atoms with Gasteiger partial charge in [-0.2, -0.15) is 0 Å². The highest BCUT2D eigenvalue weighted by atomic mass is 35.5. The number of rotatable bonds is 2. The lowest BCUT2D eigenvalue weighted by Gasteiger charge is -2.07. The van der Waals surface area contributed by atoms with Gasteiger partial charge in [0, 0.05) is 11.4 Å². The highest BCUT2D eigenvalue weighted by Crippen LogP contribution is 2.19. The first-order valence-electron chi connectivity index (χ1n) is 5.82. The lowest BCUT2D eigenvalue weighted by molar-refractivity contribution is -0.132. The first-order valence-corrected chi connectivity index (χ1v) is 6.20. The lowest BCUT2D eigenvalue weighted by atomic mass is 10.3. The third kappa shape index (κ3) is 3.93. The van der Waals surface area contributed by atoms with E-state index in [1.165, 1.54) is 36.4 Å². The largest absolute Gasteiger partial charge is 0.508 e. The molecule has 2 amide bonds. The van der Waals surface area contributed by atoms with Crippen LogP contribution in [0.3, 0.4) is 0 Å². The second-order valence-corrected chi connectivity index (χ2v) is 4.49. The van der Waals surface area contributed by atoms with Gasteiger partial charge in [0.25, 0.3) is 0 Å². The standard InChI is InChI=1S/C14H10ClFN2O3/c15-11-7-9(3-6-12(11)16)18-14(21)13(20)17-8-1-4-10(19)5-2-8/h1-7,19H,(H,17,20)(H,18,21). The van der Waals surface area contributed by atoms with E-state index in [1.807, 2.05) is 0 Å².